The maximum Gasteiger partial charge on any atom is -0.0155 e. The highest BCUT2D eigenvalue weighted by Crippen LogP contribution is 2.28. The Labute approximate surface area is 312 Å². The molecular formula is C52H50. The summed E-state index contributed by atoms with van der Waals surface area (Å²) < 4.78 is 0. The van der Waals surface area contributed by atoms with E-state index in [0.717, 1.165) is 0 Å². The third-order valence-electron chi connectivity index (χ3n) is 9.31. The SMILES string of the molecule is Cc1ccccc1.Cc1ccccc1-c1ccc(-c2ccccc2C)cc1.Cc1ccccc1C=Cc1ccc(C=Cc2ccccc2C)c(C)c1. The minimum atomic E-state index is 1.23. The molecule has 258 valence electrons. The number of hydrogen-bond acceptors (Lipinski definition) is 0. The molecule has 0 saturated carbocycles. The van der Waals surface area contributed by atoms with Crippen LogP contribution in [0.25, 0.3) is 46.6 Å². The van der Waals surface area contributed by atoms with Crippen LogP contribution in [0, 0.1) is 41.5 Å². The lowest BCUT2D eigenvalue weighted by Gasteiger charge is -2.09. The van der Waals surface area contributed by atoms with E-state index >= 15 is 0 Å². The zero-order valence-corrected chi connectivity index (χ0v) is 31.5. The van der Waals surface area contributed by atoms with Crippen molar-refractivity contribution in [1.82, 2.24) is 0 Å². The summed E-state index contributed by atoms with van der Waals surface area (Å²) in [5.41, 5.74) is 18.0. The molecule has 0 heteroatoms. The fourth-order valence-corrected chi connectivity index (χ4v) is 6.06. The van der Waals surface area contributed by atoms with Gasteiger partial charge >= 0.3 is 0 Å². The molecule has 0 bridgehead atoms. The van der Waals surface area contributed by atoms with Crippen molar-refractivity contribution in [2.24, 2.45) is 0 Å². The van der Waals surface area contributed by atoms with Gasteiger partial charge in [0.15, 0.2) is 0 Å². The molecule has 0 fully saturated rings. The minimum absolute atomic E-state index is 1.23. The summed E-state index contributed by atoms with van der Waals surface area (Å²) in [7, 11) is 0. The Hall–Kier alpha value is -5.98. The highest BCUT2D eigenvalue weighted by Gasteiger charge is 2.04. The van der Waals surface area contributed by atoms with Crippen molar-refractivity contribution in [3.63, 3.8) is 0 Å². The van der Waals surface area contributed by atoms with Gasteiger partial charge in [-0.2, -0.15) is 0 Å². The van der Waals surface area contributed by atoms with Gasteiger partial charge in [0.25, 0.3) is 0 Å². The van der Waals surface area contributed by atoms with E-state index in [4.69, 9.17) is 0 Å². The average Bonchev–Trinajstić information content (AvgIpc) is 3.16. The minimum Gasteiger partial charge on any atom is -0.0622 e. The van der Waals surface area contributed by atoms with Crippen LogP contribution in [-0.2, 0) is 0 Å². The average molecular weight is 675 g/mol. The molecule has 7 rings (SSSR count). The third kappa shape index (κ3) is 10.8. The van der Waals surface area contributed by atoms with Gasteiger partial charge in [0.1, 0.15) is 0 Å². The van der Waals surface area contributed by atoms with Gasteiger partial charge in [-0.25, -0.2) is 0 Å². The number of aryl methyl sites for hydroxylation is 6. The Morgan fingerprint density at radius 3 is 1.08 bits per heavy atom. The molecular weight excluding hydrogens is 625 g/mol. The van der Waals surface area contributed by atoms with Gasteiger partial charge in [-0.05, 0) is 114 Å². The van der Waals surface area contributed by atoms with Crippen molar-refractivity contribution in [2.75, 3.05) is 0 Å². The molecule has 0 saturated heterocycles. The zero-order valence-electron chi connectivity index (χ0n) is 31.5. The maximum atomic E-state index is 2.24. The Morgan fingerprint density at radius 2 is 0.673 bits per heavy atom. The van der Waals surface area contributed by atoms with E-state index in [1.165, 1.54) is 77.9 Å². The van der Waals surface area contributed by atoms with Gasteiger partial charge in [-0.15, -0.1) is 0 Å². The van der Waals surface area contributed by atoms with Gasteiger partial charge < -0.3 is 0 Å². The molecule has 0 radical (unpaired) electrons. The second kappa shape index (κ2) is 18.9. The summed E-state index contributed by atoms with van der Waals surface area (Å²) >= 11 is 0. The first kappa shape index (κ1) is 37.3. The Morgan fingerprint density at radius 1 is 0.288 bits per heavy atom. The largest absolute Gasteiger partial charge is 0.0622 e. The van der Waals surface area contributed by atoms with Gasteiger partial charge in [-0.1, -0.05) is 200 Å². The Balaban J connectivity index is 0.000000172. The monoisotopic (exact) mass is 674 g/mol. The van der Waals surface area contributed by atoms with Crippen molar-refractivity contribution in [2.45, 2.75) is 41.5 Å². The van der Waals surface area contributed by atoms with Crippen LogP contribution in [0.15, 0.2) is 170 Å². The lowest BCUT2D eigenvalue weighted by Crippen LogP contribution is -1.85. The number of benzene rings is 7. The predicted molar refractivity (Wildman–Crippen MR) is 229 cm³/mol. The van der Waals surface area contributed by atoms with Gasteiger partial charge in [0.05, 0.1) is 0 Å². The maximum absolute atomic E-state index is 2.24. The molecule has 0 atom stereocenters. The van der Waals surface area contributed by atoms with Crippen LogP contribution >= 0.6 is 0 Å². The summed E-state index contributed by atoms with van der Waals surface area (Å²) in [6.45, 7) is 12.9. The van der Waals surface area contributed by atoms with Crippen molar-refractivity contribution in [1.29, 1.82) is 0 Å². The van der Waals surface area contributed by atoms with Crippen molar-refractivity contribution >= 4 is 24.3 Å². The molecule has 0 amide bonds. The van der Waals surface area contributed by atoms with Crippen LogP contribution in [0.5, 0.6) is 0 Å². The Bertz CT molecular complexity index is 2170. The summed E-state index contributed by atoms with van der Waals surface area (Å²) in [5.74, 6) is 0. The van der Waals surface area contributed by atoms with Crippen LogP contribution in [0.1, 0.15) is 55.6 Å². The van der Waals surface area contributed by atoms with E-state index in [9.17, 15) is 0 Å². The first-order valence-electron chi connectivity index (χ1n) is 18.1. The topological polar surface area (TPSA) is 0 Å². The molecule has 0 aliphatic carbocycles. The zero-order chi connectivity index (χ0) is 36.7. The highest BCUT2D eigenvalue weighted by molar-refractivity contribution is 5.76. The van der Waals surface area contributed by atoms with E-state index in [1.807, 2.05) is 18.2 Å². The molecule has 0 spiro atoms. The molecule has 7 aromatic rings. The van der Waals surface area contributed by atoms with Gasteiger partial charge in [0.2, 0.25) is 0 Å². The van der Waals surface area contributed by atoms with Crippen LogP contribution in [0.4, 0.5) is 0 Å². The molecule has 0 N–H and O–H groups in total. The standard InChI is InChI=1S/C25H24.C20H18.C7H8/c1-19-8-4-6-10-23(19)14-12-22-13-15-25(21(3)18-22)17-16-24-11-7-5-9-20(24)2;1-15-7-3-5-9-19(15)17-11-13-18(14-12-17)20-10-6-4-8-16(20)2;1-7-5-3-2-4-6-7/h4-18H,1-3H3;3-14H,1-2H3;2-6H,1H3. The molecule has 7 aromatic carbocycles. The summed E-state index contributed by atoms with van der Waals surface area (Å²) in [4.78, 5) is 0. The number of rotatable bonds is 6. The van der Waals surface area contributed by atoms with E-state index in [1.54, 1.807) is 0 Å². The second-order valence-corrected chi connectivity index (χ2v) is 13.4. The summed E-state index contributed by atoms with van der Waals surface area (Å²) in [6, 6.07) is 59.7. The van der Waals surface area contributed by atoms with Crippen LogP contribution in [-0.4, -0.2) is 0 Å². The first-order valence-corrected chi connectivity index (χ1v) is 18.1. The summed E-state index contributed by atoms with van der Waals surface area (Å²) in [5, 5.41) is 0. The molecule has 0 aliphatic rings. The molecule has 0 aliphatic heterocycles. The number of hydrogen-bond donors (Lipinski definition) is 0. The van der Waals surface area contributed by atoms with Crippen molar-refractivity contribution in [3.05, 3.63) is 225 Å². The highest BCUT2D eigenvalue weighted by atomic mass is 14.1. The molecule has 0 nitrogen and oxygen atoms in total. The van der Waals surface area contributed by atoms with Crippen LogP contribution in [0.3, 0.4) is 0 Å². The Kier molecular flexibility index (Phi) is 13.5. The molecule has 0 heterocycles. The van der Waals surface area contributed by atoms with Gasteiger partial charge in [-0.3, -0.25) is 0 Å². The quantitative estimate of drug-likeness (QED) is 0.154. The summed E-state index contributed by atoms with van der Waals surface area (Å²) in [6.07, 6.45) is 8.77. The van der Waals surface area contributed by atoms with Crippen molar-refractivity contribution < 1.29 is 0 Å². The van der Waals surface area contributed by atoms with Crippen molar-refractivity contribution in [3.8, 4) is 22.3 Å². The van der Waals surface area contributed by atoms with E-state index in [-0.39, 0.29) is 0 Å². The molecule has 0 aromatic heterocycles. The fourth-order valence-electron chi connectivity index (χ4n) is 6.06. The smallest absolute Gasteiger partial charge is 0.0155 e. The van der Waals surface area contributed by atoms with E-state index < -0.39 is 0 Å². The third-order valence-corrected chi connectivity index (χ3v) is 9.31. The van der Waals surface area contributed by atoms with Crippen LogP contribution in [0.2, 0.25) is 0 Å². The normalized spacial score (nSPS) is 10.7. The predicted octanol–water partition coefficient (Wildman–Crippen LogP) is 14.6. The van der Waals surface area contributed by atoms with E-state index in [2.05, 4.69) is 218 Å². The first-order chi connectivity index (χ1) is 25.3. The lowest BCUT2D eigenvalue weighted by molar-refractivity contribution is 1.42. The van der Waals surface area contributed by atoms with Crippen LogP contribution < -0.4 is 0 Å². The fraction of sp³-hybridized carbons (Fsp3) is 0.115. The molecule has 0 unspecified atom stereocenters. The second-order valence-electron chi connectivity index (χ2n) is 13.4. The molecule has 52 heavy (non-hydrogen) atoms. The van der Waals surface area contributed by atoms with Gasteiger partial charge in [0, 0.05) is 0 Å². The lowest BCUT2D eigenvalue weighted by atomic mass is 9.96. The van der Waals surface area contributed by atoms with E-state index in [0.29, 0.717) is 0 Å².